The highest BCUT2D eigenvalue weighted by atomic mass is 35.5. The number of rotatable bonds is 2. The normalized spacial score (nSPS) is 19.2. The van der Waals surface area contributed by atoms with E-state index in [-0.39, 0.29) is 0 Å². The minimum Gasteiger partial charge on any atom is -0.314 e. The highest BCUT2D eigenvalue weighted by Crippen LogP contribution is 2.13. The van der Waals surface area contributed by atoms with Crippen molar-refractivity contribution in [3.63, 3.8) is 0 Å². The lowest BCUT2D eigenvalue weighted by atomic mass is 10.3. The molecule has 0 radical (unpaired) electrons. The van der Waals surface area contributed by atoms with E-state index >= 15 is 0 Å². The van der Waals surface area contributed by atoms with E-state index in [2.05, 4.69) is 20.4 Å². The number of nitrogens with zero attached hydrogens (tertiary/aromatic N) is 2. The standard InChI is InChI=1S/C8H13ClN4/c9-8-7(5-11-12-8)6-13-3-1-10-2-4-13/h5,10H,1-4,6H2,(H,11,12). The topological polar surface area (TPSA) is 44.0 Å². The molecule has 0 aliphatic carbocycles. The Kier molecular flexibility index (Phi) is 2.83. The molecule has 5 heteroatoms. The van der Waals surface area contributed by atoms with Crippen LogP contribution in [-0.4, -0.2) is 41.3 Å². The van der Waals surface area contributed by atoms with Gasteiger partial charge in [0.25, 0.3) is 0 Å². The van der Waals surface area contributed by atoms with Crippen LogP contribution in [0, 0.1) is 0 Å². The molecule has 0 unspecified atom stereocenters. The molecule has 72 valence electrons. The molecule has 0 aromatic carbocycles. The van der Waals surface area contributed by atoms with Crippen LogP contribution in [0.3, 0.4) is 0 Å². The second kappa shape index (κ2) is 4.09. The average Bonchev–Trinajstić information content (AvgIpc) is 2.54. The van der Waals surface area contributed by atoms with Crippen molar-refractivity contribution in [2.45, 2.75) is 6.54 Å². The third-order valence-corrected chi connectivity index (χ3v) is 2.60. The predicted molar refractivity (Wildman–Crippen MR) is 51.7 cm³/mol. The van der Waals surface area contributed by atoms with Gasteiger partial charge >= 0.3 is 0 Å². The highest BCUT2D eigenvalue weighted by Gasteiger charge is 2.12. The van der Waals surface area contributed by atoms with Crippen LogP contribution in [0.1, 0.15) is 5.56 Å². The van der Waals surface area contributed by atoms with Crippen molar-refractivity contribution in [3.8, 4) is 0 Å². The number of nitrogens with one attached hydrogen (secondary N) is 2. The maximum atomic E-state index is 5.90. The molecule has 1 fully saturated rings. The molecule has 2 heterocycles. The van der Waals surface area contributed by atoms with Gasteiger partial charge in [0.1, 0.15) is 5.15 Å². The number of H-pyrrole nitrogens is 1. The first kappa shape index (κ1) is 8.99. The van der Waals surface area contributed by atoms with E-state index in [9.17, 15) is 0 Å². The average molecular weight is 201 g/mol. The Labute approximate surface area is 82.3 Å². The number of halogens is 1. The maximum absolute atomic E-state index is 5.90. The lowest BCUT2D eigenvalue weighted by Crippen LogP contribution is -2.42. The first-order chi connectivity index (χ1) is 6.36. The number of aromatic nitrogens is 2. The molecule has 4 nitrogen and oxygen atoms in total. The van der Waals surface area contributed by atoms with E-state index in [1.165, 1.54) is 0 Å². The molecule has 2 rings (SSSR count). The number of hydrogen-bond donors (Lipinski definition) is 2. The molecule has 1 aliphatic rings. The van der Waals surface area contributed by atoms with Crippen LogP contribution in [0.2, 0.25) is 5.15 Å². The van der Waals surface area contributed by atoms with Crippen molar-refractivity contribution >= 4 is 11.6 Å². The fourth-order valence-electron chi connectivity index (χ4n) is 1.52. The second-order valence-corrected chi connectivity index (χ2v) is 3.61. The van der Waals surface area contributed by atoms with Crippen LogP contribution in [0.5, 0.6) is 0 Å². The third kappa shape index (κ3) is 2.21. The van der Waals surface area contributed by atoms with E-state index in [1.54, 1.807) is 6.20 Å². The summed E-state index contributed by atoms with van der Waals surface area (Å²) in [6.45, 7) is 5.20. The van der Waals surface area contributed by atoms with Crippen molar-refractivity contribution in [2.75, 3.05) is 26.2 Å². The summed E-state index contributed by atoms with van der Waals surface area (Å²) in [4.78, 5) is 2.37. The van der Waals surface area contributed by atoms with E-state index < -0.39 is 0 Å². The molecule has 1 saturated heterocycles. The first-order valence-corrected chi connectivity index (χ1v) is 4.85. The van der Waals surface area contributed by atoms with Gasteiger partial charge in [0.2, 0.25) is 0 Å². The predicted octanol–water partition coefficient (Wildman–Crippen LogP) is 0.468. The van der Waals surface area contributed by atoms with Gasteiger partial charge < -0.3 is 5.32 Å². The molecule has 13 heavy (non-hydrogen) atoms. The molecule has 0 saturated carbocycles. The molecule has 1 aliphatic heterocycles. The summed E-state index contributed by atoms with van der Waals surface area (Å²) < 4.78 is 0. The Hall–Kier alpha value is -0.580. The van der Waals surface area contributed by atoms with Crippen molar-refractivity contribution in [1.82, 2.24) is 20.4 Å². The van der Waals surface area contributed by atoms with Gasteiger partial charge in [-0.2, -0.15) is 5.10 Å². The molecular formula is C8H13ClN4. The van der Waals surface area contributed by atoms with Crippen LogP contribution in [0.4, 0.5) is 0 Å². The van der Waals surface area contributed by atoms with E-state index in [0.29, 0.717) is 5.15 Å². The lowest BCUT2D eigenvalue weighted by molar-refractivity contribution is 0.233. The summed E-state index contributed by atoms with van der Waals surface area (Å²) in [5, 5.41) is 10.6. The molecule has 0 amide bonds. The lowest BCUT2D eigenvalue weighted by Gasteiger charge is -2.26. The quantitative estimate of drug-likeness (QED) is 0.730. The van der Waals surface area contributed by atoms with Gasteiger partial charge in [0.15, 0.2) is 0 Å². The van der Waals surface area contributed by atoms with Crippen molar-refractivity contribution in [3.05, 3.63) is 16.9 Å². The minimum absolute atomic E-state index is 0.665. The van der Waals surface area contributed by atoms with Gasteiger partial charge in [-0.15, -0.1) is 0 Å². The molecule has 0 bridgehead atoms. The fourth-order valence-corrected chi connectivity index (χ4v) is 1.67. The van der Waals surface area contributed by atoms with E-state index in [4.69, 9.17) is 11.6 Å². The van der Waals surface area contributed by atoms with Crippen molar-refractivity contribution in [1.29, 1.82) is 0 Å². The van der Waals surface area contributed by atoms with Crippen LogP contribution < -0.4 is 5.32 Å². The Balaban J connectivity index is 1.93. The van der Waals surface area contributed by atoms with Crippen LogP contribution in [-0.2, 0) is 6.54 Å². The van der Waals surface area contributed by atoms with Crippen LogP contribution in [0.15, 0.2) is 6.20 Å². The first-order valence-electron chi connectivity index (χ1n) is 4.47. The maximum Gasteiger partial charge on any atom is 0.128 e. The number of piperazine rings is 1. The highest BCUT2D eigenvalue weighted by molar-refractivity contribution is 6.30. The zero-order chi connectivity index (χ0) is 9.10. The Bertz CT molecular complexity index is 267. The van der Waals surface area contributed by atoms with Gasteiger partial charge in [-0.25, -0.2) is 0 Å². The zero-order valence-corrected chi connectivity index (χ0v) is 8.14. The molecule has 2 N–H and O–H groups in total. The fraction of sp³-hybridized carbons (Fsp3) is 0.625. The van der Waals surface area contributed by atoms with Gasteiger partial charge in [-0.1, -0.05) is 11.6 Å². The molecular weight excluding hydrogens is 188 g/mol. The monoisotopic (exact) mass is 200 g/mol. The Morgan fingerprint density at radius 3 is 2.85 bits per heavy atom. The smallest absolute Gasteiger partial charge is 0.128 e. The summed E-state index contributed by atoms with van der Waals surface area (Å²) >= 11 is 5.90. The molecule has 1 aromatic rings. The van der Waals surface area contributed by atoms with Crippen molar-refractivity contribution in [2.24, 2.45) is 0 Å². The molecule has 1 aromatic heterocycles. The van der Waals surface area contributed by atoms with E-state index in [1.807, 2.05) is 0 Å². The summed E-state index contributed by atoms with van der Waals surface area (Å²) in [7, 11) is 0. The molecule has 0 spiro atoms. The second-order valence-electron chi connectivity index (χ2n) is 3.24. The van der Waals surface area contributed by atoms with Crippen molar-refractivity contribution < 1.29 is 0 Å². The SMILES string of the molecule is Clc1[nH]ncc1CN1CCNCC1. The largest absolute Gasteiger partial charge is 0.314 e. The van der Waals surface area contributed by atoms with Gasteiger partial charge in [-0.05, 0) is 0 Å². The Morgan fingerprint density at radius 2 is 2.23 bits per heavy atom. The Morgan fingerprint density at radius 1 is 1.46 bits per heavy atom. The van der Waals surface area contributed by atoms with Gasteiger partial charge in [0.05, 0.1) is 6.20 Å². The van der Waals surface area contributed by atoms with E-state index in [0.717, 1.165) is 38.3 Å². The zero-order valence-electron chi connectivity index (χ0n) is 7.39. The van der Waals surface area contributed by atoms with Crippen LogP contribution in [0.25, 0.3) is 0 Å². The molecule has 0 atom stereocenters. The van der Waals surface area contributed by atoms with Gasteiger partial charge in [0, 0.05) is 38.3 Å². The van der Waals surface area contributed by atoms with Crippen LogP contribution >= 0.6 is 11.6 Å². The summed E-state index contributed by atoms with van der Waals surface area (Å²) in [6.07, 6.45) is 1.80. The summed E-state index contributed by atoms with van der Waals surface area (Å²) in [5.74, 6) is 0. The summed E-state index contributed by atoms with van der Waals surface area (Å²) in [5.41, 5.74) is 1.09. The number of hydrogen-bond acceptors (Lipinski definition) is 3. The number of aromatic amines is 1. The third-order valence-electron chi connectivity index (χ3n) is 2.27. The van der Waals surface area contributed by atoms with Gasteiger partial charge in [-0.3, -0.25) is 10.00 Å². The summed E-state index contributed by atoms with van der Waals surface area (Å²) in [6, 6.07) is 0. The minimum atomic E-state index is 0.665.